The van der Waals surface area contributed by atoms with Gasteiger partial charge in [-0.25, -0.2) is 9.67 Å². The summed E-state index contributed by atoms with van der Waals surface area (Å²) in [5, 5.41) is 4.32. The van der Waals surface area contributed by atoms with Crippen molar-refractivity contribution in [2.24, 2.45) is 5.73 Å². The molecule has 0 unspecified atom stereocenters. The van der Waals surface area contributed by atoms with Crippen LogP contribution in [0.5, 0.6) is 0 Å². The molecule has 3 rings (SSSR count). The van der Waals surface area contributed by atoms with Gasteiger partial charge in [-0.15, -0.1) is 0 Å². The monoisotopic (exact) mass is 228 g/mol. The van der Waals surface area contributed by atoms with Crippen LogP contribution in [0.3, 0.4) is 0 Å². The van der Waals surface area contributed by atoms with E-state index in [1.807, 2.05) is 22.9 Å². The minimum absolute atomic E-state index is 0.102. The van der Waals surface area contributed by atoms with Gasteiger partial charge in [0.25, 0.3) is 0 Å². The molecular formula is C13H16N4. The van der Waals surface area contributed by atoms with Crippen LogP contribution in [0.1, 0.15) is 24.2 Å². The second-order valence-corrected chi connectivity index (χ2v) is 4.71. The smallest absolute Gasteiger partial charge is 0.138 e. The second-order valence-electron chi connectivity index (χ2n) is 4.71. The van der Waals surface area contributed by atoms with Gasteiger partial charge in [0, 0.05) is 12.0 Å². The molecule has 0 saturated heterocycles. The van der Waals surface area contributed by atoms with Crippen molar-refractivity contribution in [2.75, 3.05) is 6.54 Å². The van der Waals surface area contributed by atoms with Crippen LogP contribution >= 0.6 is 0 Å². The molecule has 0 spiro atoms. The lowest BCUT2D eigenvalue weighted by molar-refractivity contribution is 0.557. The fourth-order valence-corrected chi connectivity index (χ4v) is 2.22. The maximum Gasteiger partial charge on any atom is 0.138 e. The summed E-state index contributed by atoms with van der Waals surface area (Å²) in [6, 6.07) is 10.3. The quantitative estimate of drug-likeness (QED) is 0.858. The Balaban J connectivity index is 1.87. The van der Waals surface area contributed by atoms with Crippen LogP contribution in [-0.4, -0.2) is 21.3 Å². The van der Waals surface area contributed by atoms with E-state index >= 15 is 0 Å². The number of hydrogen-bond donors (Lipinski definition) is 1. The number of benzene rings is 1. The summed E-state index contributed by atoms with van der Waals surface area (Å²) in [6.07, 6.45) is 3.90. The average Bonchev–Trinajstić information content (AvgIpc) is 3.04. The first-order valence-corrected chi connectivity index (χ1v) is 5.96. The molecule has 1 aliphatic rings. The maximum absolute atomic E-state index is 5.84. The first-order valence-electron chi connectivity index (χ1n) is 5.96. The van der Waals surface area contributed by atoms with E-state index in [4.69, 9.17) is 5.73 Å². The van der Waals surface area contributed by atoms with Gasteiger partial charge in [-0.05, 0) is 18.4 Å². The minimum atomic E-state index is 0.102. The second kappa shape index (κ2) is 3.96. The molecule has 0 radical (unpaired) electrons. The number of aromatic nitrogens is 3. The number of nitrogens with zero attached hydrogens (tertiary/aromatic N) is 3. The zero-order valence-corrected chi connectivity index (χ0v) is 9.71. The van der Waals surface area contributed by atoms with Crippen LogP contribution in [0.15, 0.2) is 36.7 Å². The van der Waals surface area contributed by atoms with E-state index in [0.717, 1.165) is 25.2 Å². The van der Waals surface area contributed by atoms with Gasteiger partial charge in [0.15, 0.2) is 0 Å². The van der Waals surface area contributed by atoms with Gasteiger partial charge in [0.2, 0.25) is 0 Å². The molecule has 0 bridgehead atoms. The maximum atomic E-state index is 5.84. The van der Waals surface area contributed by atoms with Gasteiger partial charge >= 0.3 is 0 Å². The van der Waals surface area contributed by atoms with Crippen molar-refractivity contribution in [2.45, 2.75) is 24.8 Å². The lowest BCUT2D eigenvalue weighted by atomic mass is 10.1. The van der Waals surface area contributed by atoms with E-state index in [1.165, 1.54) is 5.56 Å². The van der Waals surface area contributed by atoms with Crippen LogP contribution in [0.2, 0.25) is 0 Å². The van der Waals surface area contributed by atoms with Crippen molar-refractivity contribution in [3.05, 3.63) is 48.0 Å². The van der Waals surface area contributed by atoms with Crippen molar-refractivity contribution in [3.8, 4) is 0 Å². The molecule has 17 heavy (non-hydrogen) atoms. The van der Waals surface area contributed by atoms with Crippen LogP contribution in [0, 0.1) is 0 Å². The van der Waals surface area contributed by atoms with Crippen molar-refractivity contribution in [3.63, 3.8) is 0 Å². The SMILES string of the molecule is NCC1(c2ncnn2Cc2ccccc2)CC1. The highest BCUT2D eigenvalue weighted by Crippen LogP contribution is 2.46. The molecule has 1 heterocycles. The zero-order chi connectivity index (χ0) is 11.7. The summed E-state index contributed by atoms with van der Waals surface area (Å²) in [4.78, 5) is 4.39. The van der Waals surface area contributed by atoms with E-state index in [9.17, 15) is 0 Å². The highest BCUT2D eigenvalue weighted by Gasteiger charge is 2.46. The van der Waals surface area contributed by atoms with Crippen molar-refractivity contribution >= 4 is 0 Å². The Bertz CT molecular complexity index is 499. The van der Waals surface area contributed by atoms with E-state index in [1.54, 1.807) is 6.33 Å². The molecule has 1 fully saturated rings. The highest BCUT2D eigenvalue weighted by molar-refractivity contribution is 5.21. The molecule has 1 aromatic heterocycles. The summed E-state index contributed by atoms with van der Waals surface area (Å²) in [6.45, 7) is 1.44. The summed E-state index contributed by atoms with van der Waals surface area (Å²) >= 11 is 0. The van der Waals surface area contributed by atoms with Crippen LogP contribution in [0.4, 0.5) is 0 Å². The Kier molecular flexibility index (Phi) is 2.44. The Morgan fingerprint density at radius 2 is 2.00 bits per heavy atom. The van der Waals surface area contributed by atoms with Gasteiger partial charge in [-0.3, -0.25) is 0 Å². The fourth-order valence-electron chi connectivity index (χ4n) is 2.22. The molecular weight excluding hydrogens is 212 g/mol. The van der Waals surface area contributed by atoms with Gasteiger partial charge in [0.1, 0.15) is 12.2 Å². The molecule has 0 amide bonds. The molecule has 2 N–H and O–H groups in total. The first-order chi connectivity index (χ1) is 8.34. The number of rotatable bonds is 4. The van der Waals surface area contributed by atoms with Crippen LogP contribution in [0.25, 0.3) is 0 Å². The molecule has 4 nitrogen and oxygen atoms in total. The van der Waals surface area contributed by atoms with Gasteiger partial charge < -0.3 is 5.73 Å². The fraction of sp³-hybridized carbons (Fsp3) is 0.385. The van der Waals surface area contributed by atoms with E-state index < -0.39 is 0 Å². The third-order valence-electron chi connectivity index (χ3n) is 3.51. The Morgan fingerprint density at radius 3 is 2.65 bits per heavy atom. The van der Waals surface area contributed by atoms with E-state index in [-0.39, 0.29) is 5.41 Å². The Hall–Kier alpha value is -1.68. The van der Waals surface area contributed by atoms with Crippen LogP contribution < -0.4 is 5.73 Å². The predicted octanol–water partition coefficient (Wildman–Crippen LogP) is 1.32. The molecule has 4 heteroatoms. The third kappa shape index (κ3) is 1.85. The topological polar surface area (TPSA) is 56.7 Å². The predicted molar refractivity (Wildman–Crippen MR) is 65.5 cm³/mol. The van der Waals surface area contributed by atoms with Gasteiger partial charge in [0.05, 0.1) is 6.54 Å². The number of nitrogens with two attached hydrogens (primary N) is 1. The minimum Gasteiger partial charge on any atom is -0.329 e. The van der Waals surface area contributed by atoms with Crippen molar-refractivity contribution < 1.29 is 0 Å². The van der Waals surface area contributed by atoms with Crippen LogP contribution in [-0.2, 0) is 12.0 Å². The van der Waals surface area contributed by atoms with Gasteiger partial charge in [-0.2, -0.15) is 5.10 Å². The van der Waals surface area contributed by atoms with Crippen molar-refractivity contribution in [1.29, 1.82) is 0 Å². The lowest BCUT2D eigenvalue weighted by Crippen LogP contribution is -2.25. The molecule has 0 atom stereocenters. The average molecular weight is 228 g/mol. The lowest BCUT2D eigenvalue weighted by Gasteiger charge is -2.13. The molecule has 88 valence electrons. The van der Waals surface area contributed by atoms with Gasteiger partial charge in [-0.1, -0.05) is 30.3 Å². The molecule has 1 aliphatic carbocycles. The largest absolute Gasteiger partial charge is 0.329 e. The Morgan fingerprint density at radius 1 is 1.24 bits per heavy atom. The summed E-state index contributed by atoms with van der Waals surface area (Å²) in [7, 11) is 0. The normalized spacial score (nSPS) is 17.0. The van der Waals surface area contributed by atoms with Crippen molar-refractivity contribution in [1.82, 2.24) is 14.8 Å². The zero-order valence-electron chi connectivity index (χ0n) is 9.71. The molecule has 1 aromatic carbocycles. The molecule has 0 aliphatic heterocycles. The number of hydrogen-bond acceptors (Lipinski definition) is 3. The summed E-state index contributed by atoms with van der Waals surface area (Å²) in [5.74, 6) is 1.05. The molecule has 2 aromatic rings. The molecule has 1 saturated carbocycles. The Labute approximate surface area is 100 Å². The van der Waals surface area contributed by atoms with E-state index in [0.29, 0.717) is 6.54 Å². The summed E-state index contributed by atoms with van der Waals surface area (Å²) < 4.78 is 1.98. The third-order valence-corrected chi connectivity index (χ3v) is 3.51. The highest BCUT2D eigenvalue weighted by atomic mass is 15.3. The standard InChI is InChI=1S/C13H16N4/c14-9-13(6-7-13)12-15-10-16-17(12)8-11-4-2-1-3-5-11/h1-5,10H,6-9,14H2. The summed E-state index contributed by atoms with van der Waals surface area (Å²) in [5.41, 5.74) is 7.19. The van der Waals surface area contributed by atoms with E-state index in [2.05, 4.69) is 22.2 Å². The first kappa shape index (κ1) is 10.5.